The van der Waals surface area contributed by atoms with E-state index in [2.05, 4.69) is 0 Å². The molecule has 2 aromatic rings. The zero-order chi connectivity index (χ0) is 19.6. The van der Waals surface area contributed by atoms with Gasteiger partial charge in [0.05, 0.1) is 28.1 Å². The molecule has 0 amide bonds. The lowest BCUT2D eigenvalue weighted by Gasteiger charge is -2.26. The molecule has 0 aliphatic carbocycles. The van der Waals surface area contributed by atoms with E-state index in [1.165, 1.54) is 34.6 Å². The number of hydrogen-bond donors (Lipinski definition) is 0. The van der Waals surface area contributed by atoms with E-state index in [0.717, 1.165) is 6.07 Å². The Morgan fingerprint density at radius 2 is 1.74 bits per heavy atom. The Bertz CT molecular complexity index is 977. The smallest absolute Gasteiger partial charge is 0.313 e. The van der Waals surface area contributed by atoms with Crippen LogP contribution in [0.4, 0.5) is 5.69 Å². The van der Waals surface area contributed by atoms with Crippen LogP contribution >= 0.6 is 23.2 Å². The number of ether oxygens (including phenoxy) is 2. The third kappa shape index (κ3) is 4.33. The van der Waals surface area contributed by atoms with Crippen LogP contribution in [0.25, 0.3) is 0 Å². The third-order valence-electron chi connectivity index (χ3n) is 3.85. The molecule has 27 heavy (non-hydrogen) atoms. The van der Waals surface area contributed by atoms with Crippen molar-refractivity contribution in [1.29, 1.82) is 0 Å². The van der Waals surface area contributed by atoms with Crippen LogP contribution in [-0.2, 0) is 14.8 Å². The second kappa shape index (κ2) is 7.99. The molecule has 1 heterocycles. The first kappa shape index (κ1) is 19.8. The molecule has 0 aromatic heterocycles. The van der Waals surface area contributed by atoms with Crippen molar-refractivity contribution in [2.75, 3.05) is 26.3 Å². The Hall–Kier alpha value is -1.91. The summed E-state index contributed by atoms with van der Waals surface area (Å²) in [6, 6.07) is 7.89. The van der Waals surface area contributed by atoms with Gasteiger partial charge in [-0.3, -0.25) is 10.1 Å². The summed E-state index contributed by atoms with van der Waals surface area (Å²) in [7, 11) is -3.71. The highest BCUT2D eigenvalue weighted by Gasteiger charge is 2.27. The molecular formula is C16H14Cl2N2O6S. The summed E-state index contributed by atoms with van der Waals surface area (Å²) >= 11 is 11.9. The maximum absolute atomic E-state index is 12.7. The molecule has 1 aliphatic heterocycles. The molecule has 144 valence electrons. The van der Waals surface area contributed by atoms with Crippen LogP contribution in [0, 0.1) is 10.1 Å². The third-order valence-corrected chi connectivity index (χ3v) is 6.27. The minimum Gasteiger partial charge on any atom is -0.449 e. The van der Waals surface area contributed by atoms with Crippen LogP contribution in [0.3, 0.4) is 0 Å². The summed E-state index contributed by atoms with van der Waals surface area (Å²) in [6.45, 7) is 1.17. The molecular weight excluding hydrogens is 419 g/mol. The normalized spacial score (nSPS) is 15.5. The summed E-state index contributed by atoms with van der Waals surface area (Å²) < 4.78 is 37.3. The topological polar surface area (TPSA) is 99.0 Å². The van der Waals surface area contributed by atoms with Gasteiger partial charge < -0.3 is 9.47 Å². The van der Waals surface area contributed by atoms with Crippen molar-refractivity contribution in [3.05, 3.63) is 56.6 Å². The van der Waals surface area contributed by atoms with E-state index >= 15 is 0 Å². The van der Waals surface area contributed by atoms with Gasteiger partial charge in [0.15, 0.2) is 0 Å². The summed E-state index contributed by atoms with van der Waals surface area (Å²) in [5, 5.41) is 11.3. The lowest BCUT2D eigenvalue weighted by Crippen LogP contribution is -2.40. The van der Waals surface area contributed by atoms with Gasteiger partial charge in [0, 0.05) is 24.2 Å². The number of nitro benzene ring substituents is 1. The summed E-state index contributed by atoms with van der Waals surface area (Å²) in [6.07, 6.45) is 0. The van der Waals surface area contributed by atoms with Gasteiger partial charge in [-0.05, 0) is 30.3 Å². The van der Waals surface area contributed by atoms with Crippen molar-refractivity contribution in [3.8, 4) is 11.5 Å². The molecule has 0 N–H and O–H groups in total. The highest BCUT2D eigenvalue weighted by atomic mass is 35.5. The van der Waals surface area contributed by atoms with Crippen LogP contribution in [-0.4, -0.2) is 43.9 Å². The Kier molecular flexibility index (Phi) is 5.87. The molecule has 0 saturated carbocycles. The van der Waals surface area contributed by atoms with Crippen LogP contribution in [0.5, 0.6) is 11.5 Å². The quantitative estimate of drug-likeness (QED) is 0.527. The minimum atomic E-state index is -3.71. The first-order valence-corrected chi connectivity index (χ1v) is 9.98. The second-order valence-corrected chi connectivity index (χ2v) is 8.36. The minimum absolute atomic E-state index is 0.00681. The second-order valence-electron chi connectivity index (χ2n) is 5.58. The number of nitrogens with zero attached hydrogens (tertiary/aromatic N) is 2. The number of morpholine rings is 1. The highest BCUT2D eigenvalue weighted by molar-refractivity contribution is 7.89. The first-order valence-electron chi connectivity index (χ1n) is 7.78. The van der Waals surface area contributed by atoms with Crippen LogP contribution in [0.15, 0.2) is 41.3 Å². The van der Waals surface area contributed by atoms with Crippen molar-refractivity contribution in [3.63, 3.8) is 0 Å². The number of sulfonamides is 1. The summed E-state index contributed by atoms with van der Waals surface area (Å²) in [5.41, 5.74) is -0.330. The van der Waals surface area contributed by atoms with Gasteiger partial charge >= 0.3 is 5.69 Å². The van der Waals surface area contributed by atoms with Crippen molar-refractivity contribution < 1.29 is 22.8 Å². The number of nitro groups is 1. The van der Waals surface area contributed by atoms with Crippen molar-refractivity contribution >= 4 is 38.9 Å². The van der Waals surface area contributed by atoms with Crippen molar-refractivity contribution in [2.24, 2.45) is 0 Å². The largest absolute Gasteiger partial charge is 0.449 e. The van der Waals surface area contributed by atoms with E-state index in [1.807, 2.05) is 0 Å². The van der Waals surface area contributed by atoms with Gasteiger partial charge in [-0.25, -0.2) is 8.42 Å². The number of hydrogen-bond acceptors (Lipinski definition) is 6. The lowest BCUT2D eigenvalue weighted by molar-refractivity contribution is -0.385. The highest BCUT2D eigenvalue weighted by Crippen LogP contribution is 2.37. The predicted molar refractivity (Wildman–Crippen MR) is 99.2 cm³/mol. The average Bonchev–Trinajstić information content (AvgIpc) is 2.65. The lowest BCUT2D eigenvalue weighted by atomic mass is 10.3. The molecule has 0 spiro atoms. The van der Waals surface area contributed by atoms with E-state index in [0.29, 0.717) is 13.2 Å². The maximum Gasteiger partial charge on any atom is 0.313 e. The van der Waals surface area contributed by atoms with Crippen molar-refractivity contribution in [2.45, 2.75) is 4.90 Å². The molecule has 1 saturated heterocycles. The molecule has 1 fully saturated rings. The van der Waals surface area contributed by atoms with Crippen LogP contribution in [0.2, 0.25) is 10.0 Å². The Labute approximate surface area is 165 Å². The van der Waals surface area contributed by atoms with Gasteiger partial charge in [-0.15, -0.1) is 0 Å². The standard InChI is InChI=1S/C16H14Cl2N2O6S/c17-11-1-3-16(14(9-11)20(21)22)26-15-4-2-12(10-13(15)18)27(23,24)19-5-7-25-8-6-19/h1-4,9-10H,5-8H2. The monoisotopic (exact) mass is 432 g/mol. The van der Waals surface area contributed by atoms with Gasteiger partial charge in [-0.2, -0.15) is 4.31 Å². The molecule has 0 unspecified atom stereocenters. The van der Waals surface area contributed by atoms with Gasteiger partial charge in [0.1, 0.15) is 5.75 Å². The molecule has 2 aromatic carbocycles. The fourth-order valence-electron chi connectivity index (χ4n) is 2.50. The van der Waals surface area contributed by atoms with E-state index in [-0.39, 0.29) is 45.2 Å². The Morgan fingerprint density at radius 3 is 2.37 bits per heavy atom. The van der Waals surface area contributed by atoms with E-state index in [9.17, 15) is 18.5 Å². The Balaban J connectivity index is 1.89. The van der Waals surface area contributed by atoms with Gasteiger partial charge in [-0.1, -0.05) is 23.2 Å². The predicted octanol–water partition coefficient (Wildman–Crippen LogP) is 3.71. The molecule has 3 rings (SSSR count). The fraction of sp³-hybridized carbons (Fsp3) is 0.250. The SMILES string of the molecule is O=[N+]([O-])c1cc(Cl)ccc1Oc1ccc(S(=O)(=O)N2CCOCC2)cc1Cl. The fourth-order valence-corrected chi connectivity index (χ4v) is 4.38. The molecule has 1 aliphatic rings. The van der Waals surface area contributed by atoms with Gasteiger partial charge in [0.2, 0.25) is 15.8 Å². The number of rotatable bonds is 5. The molecule has 0 atom stereocenters. The summed E-state index contributed by atoms with van der Waals surface area (Å²) in [4.78, 5) is 10.5. The molecule has 0 bridgehead atoms. The molecule has 8 nitrogen and oxygen atoms in total. The molecule has 11 heteroatoms. The average molecular weight is 433 g/mol. The zero-order valence-electron chi connectivity index (χ0n) is 13.8. The van der Waals surface area contributed by atoms with Crippen LogP contribution < -0.4 is 4.74 Å². The van der Waals surface area contributed by atoms with Crippen LogP contribution in [0.1, 0.15) is 0 Å². The van der Waals surface area contributed by atoms with Crippen molar-refractivity contribution in [1.82, 2.24) is 4.31 Å². The van der Waals surface area contributed by atoms with E-state index in [4.69, 9.17) is 32.7 Å². The van der Waals surface area contributed by atoms with E-state index in [1.54, 1.807) is 0 Å². The van der Waals surface area contributed by atoms with Gasteiger partial charge in [0.25, 0.3) is 0 Å². The van der Waals surface area contributed by atoms with E-state index < -0.39 is 14.9 Å². The molecule has 0 radical (unpaired) electrons. The first-order chi connectivity index (χ1) is 12.8. The number of halogens is 2. The Morgan fingerprint density at radius 1 is 1.07 bits per heavy atom. The zero-order valence-corrected chi connectivity index (χ0v) is 16.1. The maximum atomic E-state index is 12.7. The number of benzene rings is 2. The summed E-state index contributed by atoms with van der Waals surface area (Å²) in [5.74, 6) is 0.0260.